The van der Waals surface area contributed by atoms with E-state index in [1.807, 2.05) is 0 Å². The van der Waals surface area contributed by atoms with Crippen LogP contribution in [-0.4, -0.2) is 0 Å². The Balaban J connectivity index is 3.38. The molecule has 0 saturated heterocycles. The molecule has 0 heteroatoms. The summed E-state index contributed by atoms with van der Waals surface area (Å²) in [5, 5.41) is 0. The van der Waals surface area contributed by atoms with Crippen molar-refractivity contribution < 1.29 is 0 Å². The van der Waals surface area contributed by atoms with Crippen molar-refractivity contribution in [1.82, 2.24) is 0 Å². The first-order valence-electron chi connectivity index (χ1n) is 3.88. The second-order valence-electron chi connectivity index (χ2n) is 2.50. The Hall–Kier alpha value is -0.520. The molecule has 0 aromatic rings. The van der Waals surface area contributed by atoms with Gasteiger partial charge in [-0.25, -0.2) is 0 Å². The summed E-state index contributed by atoms with van der Waals surface area (Å²) in [5.74, 6) is 0.674. The molecular weight excluding hydrogens is 120 g/mol. The summed E-state index contributed by atoms with van der Waals surface area (Å²) < 4.78 is 0. The van der Waals surface area contributed by atoms with Crippen LogP contribution >= 0.6 is 0 Å². The molecule has 0 aliphatic rings. The van der Waals surface area contributed by atoms with Gasteiger partial charge in [0.25, 0.3) is 0 Å². The van der Waals surface area contributed by atoms with Crippen molar-refractivity contribution in [3.8, 4) is 0 Å². The van der Waals surface area contributed by atoms with Gasteiger partial charge in [0.05, 0.1) is 0 Å². The second kappa shape index (κ2) is 6.60. The maximum absolute atomic E-state index is 3.72. The van der Waals surface area contributed by atoms with Crippen molar-refractivity contribution in [2.24, 2.45) is 5.92 Å². The normalized spacial score (nSPS) is 15.1. The van der Waals surface area contributed by atoms with Gasteiger partial charge in [0, 0.05) is 0 Å². The molecule has 0 saturated carbocycles. The van der Waals surface area contributed by atoms with Crippen molar-refractivity contribution in [2.45, 2.75) is 26.7 Å². The van der Waals surface area contributed by atoms with E-state index in [1.54, 1.807) is 0 Å². The largest absolute Gasteiger partial charge is 0.0914 e. The Labute approximate surface area is 64.6 Å². The fourth-order valence-corrected chi connectivity index (χ4v) is 0.836. The molecule has 0 heterocycles. The molecule has 1 unspecified atom stereocenters. The standard InChI is InChI=1S/C10H17/c1-4-6-7-9-10(3)8-5-2/h5-8,10H,1,4,9H2,2-3H3. The topological polar surface area (TPSA) is 0 Å². The third-order valence-corrected chi connectivity index (χ3v) is 1.36. The average molecular weight is 137 g/mol. The van der Waals surface area contributed by atoms with Crippen LogP contribution in [0.4, 0.5) is 0 Å². The van der Waals surface area contributed by atoms with Gasteiger partial charge >= 0.3 is 0 Å². The van der Waals surface area contributed by atoms with Crippen LogP contribution < -0.4 is 0 Å². The van der Waals surface area contributed by atoms with Gasteiger partial charge in [0.1, 0.15) is 0 Å². The van der Waals surface area contributed by atoms with Gasteiger partial charge in [-0.05, 0) is 32.6 Å². The molecule has 57 valence electrons. The number of hydrogen-bond donors (Lipinski definition) is 0. The fraction of sp³-hybridized carbons (Fsp3) is 0.500. The van der Waals surface area contributed by atoms with E-state index in [9.17, 15) is 0 Å². The lowest BCUT2D eigenvalue weighted by molar-refractivity contribution is 0.742. The summed E-state index contributed by atoms with van der Waals surface area (Å²) in [6.45, 7) is 8.00. The van der Waals surface area contributed by atoms with Crippen molar-refractivity contribution in [3.63, 3.8) is 0 Å². The molecule has 0 amide bonds. The first kappa shape index (κ1) is 9.48. The maximum Gasteiger partial charge on any atom is -0.0227 e. The Morgan fingerprint density at radius 1 is 1.40 bits per heavy atom. The van der Waals surface area contributed by atoms with E-state index in [-0.39, 0.29) is 0 Å². The third-order valence-electron chi connectivity index (χ3n) is 1.36. The van der Waals surface area contributed by atoms with E-state index in [0.717, 1.165) is 12.8 Å². The average Bonchev–Trinajstić information content (AvgIpc) is 1.89. The molecule has 10 heavy (non-hydrogen) atoms. The summed E-state index contributed by atoms with van der Waals surface area (Å²) in [6, 6.07) is 0. The molecule has 0 aromatic carbocycles. The third kappa shape index (κ3) is 5.61. The zero-order valence-corrected chi connectivity index (χ0v) is 7.01. The quantitative estimate of drug-likeness (QED) is 0.521. The van der Waals surface area contributed by atoms with Gasteiger partial charge in [-0.1, -0.05) is 31.2 Å². The van der Waals surface area contributed by atoms with E-state index < -0.39 is 0 Å². The first-order chi connectivity index (χ1) is 4.81. The van der Waals surface area contributed by atoms with E-state index >= 15 is 0 Å². The maximum atomic E-state index is 3.72. The van der Waals surface area contributed by atoms with Crippen LogP contribution in [0.15, 0.2) is 24.3 Å². The van der Waals surface area contributed by atoms with E-state index in [0.29, 0.717) is 5.92 Å². The lowest BCUT2D eigenvalue weighted by atomic mass is 10.1. The van der Waals surface area contributed by atoms with Crippen molar-refractivity contribution in [3.05, 3.63) is 31.2 Å². The molecule has 0 nitrogen and oxygen atoms in total. The van der Waals surface area contributed by atoms with Gasteiger partial charge in [0.2, 0.25) is 0 Å². The number of hydrogen-bond acceptors (Lipinski definition) is 0. The van der Waals surface area contributed by atoms with Crippen molar-refractivity contribution in [2.75, 3.05) is 0 Å². The first-order valence-corrected chi connectivity index (χ1v) is 3.88. The lowest BCUT2D eigenvalue weighted by Crippen LogP contribution is -1.84. The number of allylic oxidation sites excluding steroid dienone is 4. The van der Waals surface area contributed by atoms with E-state index in [4.69, 9.17) is 0 Å². The zero-order chi connectivity index (χ0) is 7.82. The highest BCUT2D eigenvalue weighted by Crippen LogP contribution is 2.04. The van der Waals surface area contributed by atoms with Gasteiger partial charge in [-0.15, -0.1) is 0 Å². The molecule has 0 aliphatic heterocycles. The van der Waals surface area contributed by atoms with Crippen LogP contribution in [0.5, 0.6) is 0 Å². The summed E-state index contributed by atoms with van der Waals surface area (Å²) in [6.07, 6.45) is 10.7. The van der Waals surface area contributed by atoms with E-state index in [1.165, 1.54) is 0 Å². The zero-order valence-electron chi connectivity index (χ0n) is 7.01. The highest BCUT2D eigenvalue weighted by molar-refractivity contribution is 4.90. The Morgan fingerprint density at radius 3 is 2.60 bits per heavy atom. The molecular formula is C10H17. The Morgan fingerprint density at radius 2 is 2.10 bits per heavy atom. The minimum atomic E-state index is 0.674. The molecule has 0 N–H and O–H groups in total. The molecule has 0 rings (SSSR count). The number of rotatable bonds is 4. The van der Waals surface area contributed by atoms with Crippen LogP contribution in [0.1, 0.15) is 26.7 Å². The molecule has 1 atom stereocenters. The van der Waals surface area contributed by atoms with Crippen LogP contribution in [0.25, 0.3) is 0 Å². The van der Waals surface area contributed by atoms with Crippen LogP contribution in [0.3, 0.4) is 0 Å². The minimum Gasteiger partial charge on any atom is -0.0914 e. The SMILES string of the molecule is [CH2]CC=CCC(C)C=CC. The summed E-state index contributed by atoms with van der Waals surface area (Å²) in [5.41, 5.74) is 0. The molecule has 1 radical (unpaired) electrons. The molecule has 0 spiro atoms. The van der Waals surface area contributed by atoms with Gasteiger partial charge < -0.3 is 0 Å². The summed E-state index contributed by atoms with van der Waals surface area (Å²) in [4.78, 5) is 0. The Bertz CT molecular complexity index is 109. The van der Waals surface area contributed by atoms with E-state index in [2.05, 4.69) is 45.1 Å². The molecule has 0 bridgehead atoms. The van der Waals surface area contributed by atoms with Crippen LogP contribution in [0.2, 0.25) is 0 Å². The monoisotopic (exact) mass is 137 g/mol. The predicted molar refractivity (Wildman–Crippen MR) is 47.7 cm³/mol. The fourth-order valence-electron chi connectivity index (χ4n) is 0.836. The summed E-state index contributed by atoms with van der Waals surface area (Å²) in [7, 11) is 0. The van der Waals surface area contributed by atoms with Crippen LogP contribution in [-0.2, 0) is 0 Å². The van der Waals surface area contributed by atoms with Gasteiger partial charge in [0.15, 0.2) is 0 Å². The van der Waals surface area contributed by atoms with Crippen molar-refractivity contribution >= 4 is 0 Å². The Kier molecular flexibility index (Phi) is 6.25. The minimum absolute atomic E-state index is 0.674. The van der Waals surface area contributed by atoms with Gasteiger partial charge in [-0.3, -0.25) is 0 Å². The molecule has 0 aliphatic carbocycles. The predicted octanol–water partition coefficient (Wildman–Crippen LogP) is 3.37. The van der Waals surface area contributed by atoms with Crippen LogP contribution in [0, 0.1) is 12.8 Å². The summed E-state index contributed by atoms with van der Waals surface area (Å²) >= 11 is 0. The van der Waals surface area contributed by atoms with Crippen molar-refractivity contribution in [1.29, 1.82) is 0 Å². The second-order valence-corrected chi connectivity index (χ2v) is 2.50. The molecule has 0 fully saturated rings. The highest BCUT2D eigenvalue weighted by Gasteiger charge is 1.89. The molecule has 0 aromatic heterocycles. The smallest absolute Gasteiger partial charge is 0.0227 e. The highest BCUT2D eigenvalue weighted by atomic mass is 13.9. The lowest BCUT2D eigenvalue weighted by Gasteiger charge is -1.98. The van der Waals surface area contributed by atoms with Gasteiger partial charge in [-0.2, -0.15) is 0 Å².